The second-order valence-electron chi connectivity index (χ2n) is 5.51. The third-order valence-electron chi connectivity index (χ3n) is 3.91. The molecule has 1 aliphatic carbocycles. The van der Waals surface area contributed by atoms with Gasteiger partial charge in [-0.3, -0.25) is 4.79 Å². The number of benzene rings is 1. The third-order valence-corrected chi connectivity index (χ3v) is 3.91. The number of nitrogens with zero attached hydrogens (tertiary/aromatic N) is 3. The highest BCUT2D eigenvalue weighted by Crippen LogP contribution is 2.36. The minimum atomic E-state index is -2.61. The van der Waals surface area contributed by atoms with Crippen molar-refractivity contribution in [2.24, 2.45) is 5.92 Å². The lowest BCUT2D eigenvalue weighted by molar-refractivity contribution is -0.124. The lowest BCUT2D eigenvalue weighted by atomic mass is 9.86. The van der Waals surface area contributed by atoms with E-state index in [1.54, 1.807) is 35.3 Å². The fourth-order valence-electron chi connectivity index (χ4n) is 2.59. The van der Waals surface area contributed by atoms with E-state index in [0.717, 1.165) is 5.69 Å². The second-order valence-corrected chi connectivity index (χ2v) is 5.51. The van der Waals surface area contributed by atoms with Gasteiger partial charge in [0.15, 0.2) is 0 Å². The van der Waals surface area contributed by atoms with E-state index in [1.807, 2.05) is 0 Å². The van der Waals surface area contributed by atoms with Crippen LogP contribution in [0, 0.1) is 5.92 Å². The Morgan fingerprint density at radius 3 is 2.50 bits per heavy atom. The maximum Gasteiger partial charge on any atom is 0.248 e. The first-order valence-corrected chi connectivity index (χ1v) is 7.17. The van der Waals surface area contributed by atoms with Gasteiger partial charge in [0, 0.05) is 24.4 Å². The van der Waals surface area contributed by atoms with Gasteiger partial charge >= 0.3 is 0 Å². The van der Waals surface area contributed by atoms with E-state index in [1.165, 1.54) is 6.33 Å². The van der Waals surface area contributed by atoms with Crippen LogP contribution < -0.4 is 5.32 Å². The third kappa shape index (κ3) is 3.29. The largest absolute Gasteiger partial charge is 0.326 e. The Balaban J connectivity index is 1.60. The number of aromatic nitrogens is 3. The molecule has 5 nitrogen and oxygen atoms in total. The Morgan fingerprint density at radius 1 is 1.23 bits per heavy atom. The molecular formula is C15H16F2N4O. The molecule has 22 heavy (non-hydrogen) atoms. The van der Waals surface area contributed by atoms with Gasteiger partial charge in [-0.2, -0.15) is 5.10 Å². The van der Waals surface area contributed by atoms with Crippen LogP contribution in [0.3, 0.4) is 0 Å². The first kappa shape index (κ1) is 14.6. The molecule has 0 radical (unpaired) electrons. The summed E-state index contributed by atoms with van der Waals surface area (Å²) >= 11 is 0. The van der Waals surface area contributed by atoms with Crippen molar-refractivity contribution < 1.29 is 13.6 Å². The number of halogens is 2. The predicted octanol–water partition coefficient (Wildman–Crippen LogP) is 3.03. The van der Waals surface area contributed by atoms with Gasteiger partial charge in [-0.1, -0.05) is 0 Å². The average Bonchev–Trinajstić information content (AvgIpc) is 3.02. The van der Waals surface area contributed by atoms with Crippen molar-refractivity contribution in [3.63, 3.8) is 0 Å². The Hall–Kier alpha value is -2.31. The van der Waals surface area contributed by atoms with E-state index in [4.69, 9.17) is 0 Å². The highest BCUT2D eigenvalue weighted by Gasteiger charge is 2.37. The minimum Gasteiger partial charge on any atom is -0.326 e. The SMILES string of the molecule is O=C(Nc1ccc(-n2cncn2)cc1)C1CCC(F)(F)CC1. The summed E-state index contributed by atoms with van der Waals surface area (Å²) in [6, 6.07) is 7.12. The number of hydrogen-bond acceptors (Lipinski definition) is 3. The van der Waals surface area contributed by atoms with Crippen molar-refractivity contribution in [2.75, 3.05) is 5.32 Å². The summed E-state index contributed by atoms with van der Waals surface area (Å²) in [5, 5.41) is 6.79. The summed E-state index contributed by atoms with van der Waals surface area (Å²) in [4.78, 5) is 16.0. The molecule has 3 rings (SSSR count). The van der Waals surface area contributed by atoms with Crippen molar-refractivity contribution in [1.82, 2.24) is 14.8 Å². The summed E-state index contributed by atoms with van der Waals surface area (Å²) in [6.45, 7) is 0. The predicted molar refractivity (Wildman–Crippen MR) is 76.9 cm³/mol. The Morgan fingerprint density at radius 2 is 1.91 bits per heavy atom. The highest BCUT2D eigenvalue weighted by atomic mass is 19.3. The first-order chi connectivity index (χ1) is 10.5. The normalized spacial score (nSPS) is 18.1. The quantitative estimate of drug-likeness (QED) is 0.948. The first-order valence-electron chi connectivity index (χ1n) is 7.17. The van der Waals surface area contributed by atoms with Crippen LogP contribution in [0.5, 0.6) is 0 Å². The number of carbonyl (C=O) groups is 1. The van der Waals surface area contributed by atoms with Gasteiger partial charge in [-0.05, 0) is 37.1 Å². The number of amides is 1. The lowest BCUT2D eigenvalue weighted by Crippen LogP contribution is -2.31. The van der Waals surface area contributed by atoms with Crippen LogP contribution in [-0.2, 0) is 4.79 Å². The van der Waals surface area contributed by atoms with Crippen molar-refractivity contribution >= 4 is 11.6 Å². The Labute approximate surface area is 126 Å². The number of rotatable bonds is 3. The molecule has 0 spiro atoms. The van der Waals surface area contributed by atoms with Crippen molar-refractivity contribution in [3.8, 4) is 5.69 Å². The fraction of sp³-hybridized carbons (Fsp3) is 0.400. The van der Waals surface area contributed by atoms with E-state index >= 15 is 0 Å². The van der Waals surface area contributed by atoms with Gasteiger partial charge < -0.3 is 5.32 Å². The van der Waals surface area contributed by atoms with E-state index in [9.17, 15) is 13.6 Å². The summed E-state index contributed by atoms with van der Waals surface area (Å²) in [5.41, 5.74) is 1.47. The molecule has 7 heteroatoms. The Bertz CT molecular complexity index is 630. The van der Waals surface area contributed by atoms with Crippen LogP contribution in [0.25, 0.3) is 5.69 Å². The molecule has 1 aliphatic rings. The lowest BCUT2D eigenvalue weighted by Gasteiger charge is -2.27. The zero-order chi connectivity index (χ0) is 15.6. The minimum absolute atomic E-state index is 0.191. The molecule has 0 bridgehead atoms. The standard InChI is InChI=1S/C15H16F2N4O/c16-15(17)7-5-11(6-8-15)14(22)20-12-1-3-13(4-2-12)21-10-18-9-19-21/h1-4,9-11H,5-8H2,(H,20,22). The smallest absolute Gasteiger partial charge is 0.248 e. The van der Waals surface area contributed by atoms with Crippen LogP contribution in [0.2, 0.25) is 0 Å². The van der Waals surface area contributed by atoms with Crippen LogP contribution in [0.1, 0.15) is 25.7 Å². The van der Waals surface area contributed by atoms with Crippen molar-refractivity contribution in [2.45, 2.75) is 31.6 Å². The molecule has 1 fully saturated rings. The summed E-state index contributed by atoms with van der Waals surface area (Å²) < 4.78 is 27.8. The van der Waals surface area contributed by atoms with Crippen LogP contribution in [0.15, 0.2) is 36.9 Å². The number of nitrogens with one attached hydrogen (secondary N) is 1. The second kappa shape index (κ2) is 5.82. The number of anilines is 1. The molecule has 0 saturated heterocycles. The van der Waals surface area contributed by atoms with E-state index in [2.05, 4.69) is 15.4 Å². The molecule has 2 aromatic rings. The van der Waals surface area contributed by atoms with Gasteiger partial charge in [0.2, 0.25) is 11.8 Å². The zero-order valence-electron chi connectivity index (χ0n) is 11.9. The van der Waals surface area contributed by atoms with Gasteiger partial charge in [0.1, 0.15) is 12.7 Å². The van der Waals surface area contributed by atoms with Gasteiger partial charge in [0.05, 0.1) is 5.69 Å². The summed E-state index contributed by atoms with van der Waals surface area (Å²) in [7, 11) is 0. The number of alkyl halides is 2. The fourth-order valence-corrected chi connectivity index (χ4v) is 2.59. The Kier molecular flexibility index (Phi) is 3.87. The monoisotopic (exact) mass is 306 g/mol. The molecule has 1 amide bonds. The molecule has 1 saturated carbocycles. The van der Waals surface area contributed by atoms with Crippen LogP contribution in [-0.4, -0.2) is 26.6 Å². The number of carbonyl (C=O) groups excluding carboxylic acids is 1. The van der Waals surface area contributed by atoms with Gasteiger partial charge in [0.25, 0.3) is 0 Å². The molecule has 1 aromatic carbocycles. The maximum absolute atomic E-state index is 13.1. The van der Waals surface area contributed by atoms with Gasteiger partial charge in [-0.25, -0.2) is 18.4 Å². The molecule has 116 valence electrons. The van der Waals surface area contributed by atoms with Crippen molar-refractivity contribution in [1.29, 1.82) is 0 Å². The summed E-state index contributed by atoms with van der Waals surface area (Å²) in [6.07, 6.45) is 3.06. The topological polar surface area (TPSA) is 59.8 Å². The molecule has 0 atom stereocenters. The van der Waals surface area contributed by atoms with E-state index < -0.39 is 5.92 Å². The molecule has 0 aliphatic heterocycles. The highest BCUT2D eigenvalue weighted by molar-refractivity contribution is 5.92. The number of hydrogen-bond donors (Lipinski definition) is 1. The molecular weight excluding hydrogens is 290 g/mol. The maximum atomic E-state index is 13.1. The van der Waals surface area contributed by atoms with Crippen molar-refractivity contribution in [3.05, 3.63) is 36.9 Å². The molecule has 1 aromatic heterocycles. The van der Waals surface area contributed by atoms with E-state index in [0.29, 0.717) is 5.69 Å². The van der Waals surface area contributed by atoms with E-state index in [-0.39, 0.29) is 37.5 Å². The zero-order valence-corrected chi connectivity index (χ0v) is 11.9. The molecule has 1 N–H and O–H groups in total. The molecule has 1 heterocycles. The van der Waals surface area contributed by atoms with Crippen LogP contribution in [0.4, 0.5) is 14.5 Å². The molecule has 0 unspecified atom stereocenters. The van der Waals surface area contributed by atoms with Crippen LogP contribution >= 0.6 is 0 Å². The summed E-state index contributed by atoms with van der Waals surface area (Å²) in [5.74, 6) is -3.14. The van der Waals surface area contributed by atoms with Gasteiger partial charge in [-0.15, -0.1) is 0 Å². The average molecular weight is 306 g/mol.